The minimum atomic E-state index is -0.274. The number of halogens is 2. The van der Waals surface area contributed by atoms with Gasteiger partial charge in [0.2, 0.25) is 0 Å². The zero-order valence-electron chi connectivity index (χ0n) is 16.5. The largest absolute Gasteiger partial charge is 0.314 e. The van der Waals surface area contributed by atoms with E-state index >= 15 is 0 Å². The van der Waals surface area contributed by atoms with Gasteiger partial charge in [-0.25, -0.2) is 8.78 Å². The van der Waals surface area contributed by atoms with Gasteiger partial charge in [-0.1, -0.05) is 24.3 Å². The second kappa shape index (κ2) is 9.17. The van der Waals surface area contributed by atoms with Crippen LogP contribution in [0.3, 0.4) is 0 Å². The van der Waals surface area contributed by atoms with Crippen LogP contribution in [0.25, 0.3) is 0 Å². The standard InChI is InChI=1S/C22H26F2N4/c1-15(2)26-27-16(3)21-14-25-12-13-28(21)22(17-4-8-19(23)9-5-17)18-6-10-20(24)11-7-18/h4-11,21-22,25H,12-14H2,1-3H3/b27-16+. The Morgan fingerprint density at radius 2 is 1.46 bits per heavy atom. The van der Waals surface area contributed by atoms with Crippen molar-refractivity contribution in [2.45, 2.75) is 32.9 Å². The number of rotatable bonds is 5. The molecule has 1 atom stereocenters. The Labute approximate surface area is 165 Å². The summed E-state index contributed by atoms with van der Waals surface area (Å²) < 4.78 is 27.0. The van der Waals surface area contributed by atoms with Gasteiger partial charge >= 0.3 is 0 Å². The summed E-state index contributed by atoms with van der Waals surface area (Å²) in [5, 5.41) is 12.0. The van der Waals surface area contributed by atoms with Gasteiger partial charge in [-0.15, -0.1) is 0 Å². The summed E-state index contributed by atoms with van der Waals surface area (Å²) in [7, 11) is 0. The fraction of sp³-hybridized carbons (Fsp3) is 0.364. The van der Waals surface area contributed by atoms with Crippen molar-refractivity contribution >= 4 is 11.4 Å². The van der Waals surface area contributed by atoms with Gasteiger partial charge in [-0.3, -0.25) is 4.90 Å². The minimum Gasteiger partial charge on any atom is -0.314 e. The highest BCUT2D eigenvalue weighted by atomic mass is 19.1. The highest BCUT2D eigenvalue weighted by molar-refractivity contribution is 5.89. The van der Waals surface area contributed by atoms with Crippen LogP contribution in [0.1, 0.15) is 37.9 Å². The van der Waals surface area contributed by atoms with Crippen molar-refractivity contribution < 1.29 is 8.78 Å². The van der Waals surface area contributed by atoms with E-state index in [-0.39, 0.29) is 23.7 Å². The average Bonchev–Trinajstić information content (AvgIpc) is 2.69. The molecule has 0 aromatic heterocycles. The van der Waals surface area contributed by atoms with Gasteiger partial charge in [0.1, 0.15) is 11.6 Å². The molecule has 0 bridgehead atoms. The Hall–Kier alpha value is -2.44. The van der Waals surface area contributed by atoms with Gasteiger partial charge in [0.25, 0.3) is 0 Å². The van der Waals surface area contributed by atoms with Crippen LogP contribution in [-0.4, -0.2) is 42.0 Å². The molecular weight excluding hydrogens is 358 g/mol. The molecule has 0 amide bonds. The van der Waals surface area contributed by atoms with E-state index in [0.29, 0.717) is 0 Å². The Kier molecular flexibility index (Phi) is 6.65. The van der Waals surface area contributed by atoms with Crippen LogP contribution < -0.4 is 5.32 Å². The fourth-order valence-corrected chi connectivity index (χ4v) is 3.53. The molecule has 1 heterocycles. The van der Waals surface area contributed by atoms with Crippen LogP contribution in [0.4, 0.5) is 8.78 Å². The van der Waals surface area contributed by atoms with Gasteiger partial charge in [0, 0.05) is 25.3 Å². The molecule has 1 saturated heterocycles. The lowest BCUT2D eigenvalue weighted by molar-refractivity contribution is 0.164. The lowest BCUT2D eigenvalue weighted by Crippen LogP contribution is -2.55. The lowest BCUT2D eigenvalue weighted by Gasteiger charge is -2.41. The summed E-state index contributed by atoms with van der Waals surface area (Å²) >= 11 is 0. The van der Waals surface area contributed by atoms with Crippen LogP contribution in [0.2, 0.25) is 0 Å². The van der Waals surface area contributed by atoms with Crippen LogP contribution in [0, 0.1) is 11.6 Å². The molecule has 3 rings (SSSR count). The molecule has 2 aromatic rings. The predicted octanol–water partition coefficient (Wildman–Crippen LogP) is 4.18. The number of nitrogens with zero attached hydrogens (tertiary/aromatic N) is 3. The van der Waals surface area contributed by atoms with E-state index in [9.17, 15) is 8.78 Å². The van der Waals surface area contributed by atoms with Crippen molar-refractivity contribution in [2.24, 2.45) is 10.2 Å². The van der Waals surface area contributed by atoms with Gasteiger partial charge in [-0.05, 0) is 56.2 Å². The topological polar surface area (TPSA) is 40.0 Å². The van der Waals surface area contributed by atoms with Crippen molar-refractivity contribution in [3.63, 3.8) is 0 Å². The number of benzene rings is 2. The minimum absolute atomic E-state index is 0.0250. The number of hydrogen-bond acceptors (Lipinski definition) is 4. The van der Waals surface area contributed by atoms with E-state index in [2.05, 4.69) is 20.4 Å². The van der Waals surface area contributed by atoms with Crippen molar-refractivity contribution in [3.05, 3.63) is 71.3 Å². The van der Waals surface area contributed by atoms with E-state index in [0.717, 1.165) is 42.2 Å². The first-order chi connectivity index (χ1) is 13.5. The zero-order valence-corrected chi connectivity index (χ0v) is 16.5. The van der Waals surface area contributed by atoms with Crippen LogP contribution >= 0.6 is 0 Å². The maximum atomic E-state index is 13.5. The van der Waals surface area contributed by atoms with E-state index in [1.807, 2.05) is 20.8 Å². The third kappa shape index (κ3) is 4.88. The number of hydrogen-bond donors (Lipinski definition) is 1. The van der Waals surface area contributed by atoms with E-state index < -0.39 is 0 Å². The monoisotopic (exact) mass is 384 g/mol. The smallest absolute Gasteiger partial charge is 0.123 e. The molecule has 1 unspecified atom stereocenters. The molecular formula is C22H26F2N4. The molecule has 28 heavy (non-hydrogen) atoms. The molecule has 0 spiro atoms. The van der Waals surface area contributed by atoms with Gasteiger partial charge in [0.15, 0.2) is 0 Å². The molecule has 0 aliphatic carbocycles. The molecule has 1 aliphatic rings. The number of piperazine rings is 1. The van der Waals surface area contributed by atoms with Crippen LogP contribution in [0.5, 0.6) is 0 Å². The van der Waals surface area contributed by atoms with E-state index in [1.165, 1.54) is 24.3 Å². The Balaban J connectivity index is 2.04. The summed E-state index contributed by atoms with van der Waals surface area (Å²) in [6, 6.07) is 12.9. The third-order valence-corrected chi connectivity index (χ3v) is 4.88. The van der Waals surface area contributed by atoms with Gasteiger partial charge in [-0.2, -0.15) is 10.2 Å². The molecule has 1 fully saturated rings. The SMILES string of the molecule is CC(C)=N/N=C(\C)C1CNCCN1C(c1ccc(F)cc1)c1ccc(F)cc1. The molecule has 1 N–H and O–H groups in total. The maximum absolute atomic E-state index is 13.5. The van der Waals surface area contributed by atoms with Gasteiger partial charge < -0.3 is 5.32 Å². The van der Waals surface area contributed by atoms with Crippen molar-refractivity contribution in [3.8, 4) is 0 Å². The lowest BCUT2D eigenvalue weighted by atomic mass is 9.93. The first-order valence-electron chi connectivity index (χ1n) is 9.48. The Morgan fingerprint density at radius 1 is 0.929 bits per heavy atom. The molecule has 0 saturated carbocycles. The Bertz CT molecular complexity index is 794. The molecule has 4 nitrogen and oxygen atoms in total. The third-order valence-electron chi connectivity index (χ3n) is 4.88. The normalized spacial score (nSPS) is 18.4. The summed E-state index contributed by atoms with van der Waals surface area (Å²) in [6.45, 7) is 8.15. The van der Waals surface area contributed by atoms with Gasteiger partial charge in [0.05, 0.1) is 17.8 Å². The molecule has 148 valence electrons. The van der Waals surface area contributed by atoms with E-state index in [4.69, 9.17) is 0 Å². The highest BCUT2D eigenvalue weighted by Gasteiger charge is 2.32. The molecule has 6 heteroatoms. The number of nitrogens with one attached hydrogen (secondary N) is 1. The van der Waals surface area contributed by atoms with Crippen LogP contribution in [-0.2, 0) is 0 Å². The first-order valence-corrected chi connectivity index (χ1v) is 9.48. The highest BCUT2D eigenvalue weighted by Crippen LogP contribution is 2.31. The van der Waals surface area contributed by atoms with Crippen molar-refractivity contribution in [1.82, 2.24) is 10.2 Å². The van der Waals surface area contributed by atoms with Crippen molar-refractivity contribution in [1.29, 1.82) is 0 Å². The molecule has 1 aliphatic heterocycles. The summed E-state index contributed by atoms with van der Waals surface area (Å²) in [4.78, 5) is 2.33. The summed E-state index contributed by atoms with van der Waals surface area (Å²) in [6.07, 6.45) is 0. The van der Waals surface area contributed by atoms with E-state index in [1.54, 1.807) is 24.3 Å². The fourth-order valence-electron chi connectivity index (χ4n) is 3.53. The summed E-state index contributed by atoms with van der Waals surface area (Å²) in [5.41, 5.74) is 3.72. The average molecular weight is 384 g/mol. The first kappa shape index (κ1) is 20.3. The predicted molar refractivity (Wildman–Crippen MR) is 110 cm³/mol. The quantitative estimate of drug-likeness (QED) is 0.620. The zero-order chi connectivity index (χ0) is 20.1. The Morgan fingerprint density at radius 3 is 1.96 bits per heavy atom. The second-order valence-corrected chi connectivity index (χ2v) is 7.25. The molecule has 2 aromatic carbocycles. The molecule has 0 radical (unpaired) electrons. The van der Waals surface area contributed by atoms with Crippen molar-refractivity contribution in [2.75, 3.05) is 19.6 Å². The summed E-state index contributed by atoms with van der Waals surface area (Å²) in [5.74, 6) is -0.548. The maximum Gasteiger partial charge on any atom is 0.123 e. The second-order valence-electron chi connectivity index (χ2n) is 7.25. The van der Waals surface area contributed by atoms with Crippen LogP contribution in [0.15, 0.2) is 58.7 Å².